The molecule has 2 N–H and O–H groups in total. The number of halogens is 1. The zero-order valence-corrected chi connectivity index (χ0v) is 21.2. The molecule has 28 heavy (non-hydrogen) atoms. The van der Waals surface area contributed by atoms with Gasteiger partial charge in [0, 0.05) is 43.4 Å². The molecule has 2 rings (SSSR count). The lowest BCUT2D eigenvalue weighted by molar-refractivity contribution is -0.113. The third kappa shape index (κ3) is 6.44. The lowest BCUT2D eigenvalue weighted by atomic mass is 9.64. The lowest BCUT2D eigenvalue weighted by Crippen LogP contribution is -2.63. The molecular weight excluding hydrogens is 467 g/mol. The average molecular weight is 511 g/mol. The first-order valence-corrected chi connectivity index (χ1v) is 10.8. The molecule has 0 amide bonds. The maximum absolute atomic E-state index is 6.09. The first kappa shape index (κ1) is 25.9. The van der Waals surface area contributed by atoms with Crippen molar-refractivity contribution in [2.24, 2.45) is 10.4 Å². The van der Waals surface area contributed by atoms with Crippen LogP contribution in [-0.2, 0) is 9.47 Å². The molecule has 166 valence electrons. The van der Waals surface area contributed by atoms with Gasteiger partial charge in [-0.3, -0.25) is 4.99 Å². The van der Waals surface area contributed by atoms with Crippen molar-refractivity contribution in [1.29, 1.82) is 0 Å². The Morgan fingerprint density at radius 3 is 2.43 bits per heavy atom. The summed E-state index contributed by atoms with van der Waals surface area (Å²) in [6, 6.07) is 0.395. The molecule has 2 fully saturated rings. The molecule has 0 bridgehead atoms. The van der Waals surface area contributed by atoms with Crippen molar-refractivity contribution in [1.82, 2.24) is 15.5 Å². The Labute approximate surface area is 189 Å². The van der Waals surface area contributed by atoms with Crippen LogP contribution in [-0.4, -0.2) is 75.5 Å². The summed E-state index contributed by atoms with van der Waals surface area (Å²) in [5, 5.41) is 7.10. The van der Waals surface area contributed by atoms with E-state index in [0.29, 0.717) is 12.1 Å². The molecule has 0 aromatic heterocycles. The average Bonchev–Trinajstić information content (AvgIpc) is 2.65. The fourth-order valence-electron chi connectivity index (χ4n) is 3.99. The van der Waals surface area contributed by atoms with E-state index < -0.39 is 0 Å². The van der Waals surface area contributed by atoms with Crippen LogP contribution in [0.15, 0.2) is 4.99 Å². The number of guanidine groups is 1. The van der Waals surface area contributed by atoms with Crippen molar-refractivity contribution in [3.63, 3.8) is 0 Å². The van der Waals surface area contributed by atoms with Gasteiger partial charge in [0.15, 0.2) is 5.96 Å². The van der Waals surface area contributed by atoms with Crippen LogP contribution in [0.25, 0.3) is 0 Å². The second-order valence-corrected chi connectivity index (χ2v) is 8.89. The van der Waals surface area contributed by atoms with Crippen molar-refractivity contribution in [3.05, 3.63) is 0 Å². The van der Waals surface area contributed by atoms with E-state index >= 15 is 0 Å². The number of aliphatic imine (C=N–C) groups is 1. The second kappa shape index (κ2) is 11.9. The van der Waals surface area contributed by atoms with E-state index in [4.69, 9.17) is 14.5 Å². The summed E-state index contributed by atoms with van der Waals surface area (Å²) in [5.74, 6) is 0.926. The summed E-state index contributed by atoms with van der Waals surface area (Å²) in [7, 11) is 4.32. The highest BCUT2D eigenvalue weighted by atomic mass is 127. The highest BCUT2D eigenvalue weighted by Gasteiger charge is 2.49. The van der Waals surface area contributed by atoms with Gasteiger partial charge < -0.3 is 25.0 Å². The minimum absolute atomic E-state index is 0. The molecule has 0 radical (unpaired) electrons. The van der Waals surface area contributed by atoms with Gasteiger partial charge in [-0.1, -0.05) is 27.2 Å². The van der Waals surface area contributed by atoms with Gasteiger partial charge in [0.1, 0.15) is 0 Å². The maximum atomic E-state index is 6.09. The van der Waals surface area contributed by atoms with Crippen LogP contribution in [0, 0.1) is 5.41 Å². The smallest absolute Gasteiger partial charge is 0.191 e. The maximum Gasteiger partial charge on any atom is 0.191 e. The number of ether oxygens (including phenoxy) is 2. The number of hydrogen-bond acceptors (Lipinski definition) is 4. The van der Waals surface area contributed by atoms with Crippen LogP contribution >= 0.6 is 24.0 Å². The molecule has 1 heterocycles. The number of nitrogens with zero attached hydrogens (tertiary/aromatic N) is 2. The van der Waals surface area contributed by atoms with Gasteiger partial charge in [-0.15, -0.1) is 24.0 Å². The van der Waals surface area contributed by atoms with Gasteiger partial charge in [-0.2, -0.15) is 0 Å². The van der Waals surface area contributed by atoms with Crippen molar-refractivity contribution in [2.45, 2.75) is 77.5 Å². The zero-order chi connectivity index (χ0) is 19.9. The lowest BCUT2D eigenvalue weighted by Gasteiger charge is -2.52. The van der Waals surface area contributed by atoms with Crippen LogP contribution < -0.4 is 10.6 Å². The van der Waals surface area contributed by atoms with Gasteiger partial charge in [-0.05, 0) is 46.7 Å². The number of hydrogen-bond donors (Lipinski definition) is 2. The van der Waals surface area contributed by atoms with E-state index in [1.165, 1.54) is 6.42 Å². The third-order valence-electron chi connectivity index (χ3n) is 6.55. The van der Waals surface area contributed by atoms with Gasteiger partial charge in [0.2, 0.25) is 0 Å². The largest absolute Gasteiger partial charge is 0.381 e. The Morgan fingerprint density at radius 2 is 1.89 bits per heavy atom. The van der Waals surface area contributed by atoms with Crippen LogP contribution in [0.3, 0.4) is 0 Å². The number of nitrogens with one attached hydrogen (secondary N) is 2. The normalized spacial score (nSPS) is 26.3. The monoisotopic (exact) mass is 510 g/mol. The van der Waals surface area contributed by atoms with Crippen LogP contribution in [0.5, 0.6) is 0 Å². The molecule has 1 saturated carbocycles. The zero-order valence-electron chi connectivity index (χ0n) is 18.8. The minimum atomic E-state index is 0. The summed E-state index contributed by atoms with van der Waals surface area (Å²) in [6.07, 6.45) is 5.79. The van der Waals surface area contributed by atoms with E-state index in [9.17, 15) is 0 Å². The Bertz CT molecular complexity index is 479. The first-order chi connectivity index (χ1) is 12.9. The van der Waals surface area contributed by atoms with Crippen molar-refractivity contribution < 1.29 is 9.47 Å². The third-order valence-corrected chi connectivity index (χ3v) is 6.55. The standard InChI is InChI=1S/C21H42N4O2.HI/c1-7-9-12-27-18-15-17(20(18,3)4)24-19(22-8-2)23-16-21(25(5)6)10-13-26-14-11-21;/h17-18H,7-16H2,1-6H3,(H2,22,23,24);1H. The Kier molecular flexibility index (Phi) is 11.0. The molecule has 0 aromatic rings. The Balaban J connectivity index is 0.00000392. The fourth-order valence-corrected chi connectivity index (χ4v) is 3.99. The molecule has 1 saturated heterocycles. The highest BCUT2D eigenvalue weighted by molar-refractivity contribution is 14.0. The molecule has 2 atom stereocenters. The fraction of sp³-hybridized carbons (Fsp3) is 0.952. The molecule has 1 aliphatic carbocycles. The van der Waals surface area contributed by atoms with E-state index in [1.807, 2.05) is 0 Å². The van der Waals surface area contributed by atoms with E-state index in [-0.39, 0.29) is 34.9 Å². The molecule has 0 spiro atoms. The SMILES string of the molecule is CCCCOC1CC(NC(=NCC2(N(C)C)CCOCC2)NCC)C1(C)C.I. The van der Waals surface area contributed by atoms with Gasteiger partial charge in [-0.25, -0.2) is 0 Å². The summed E-state index contributed by atoms with van der Waals surface area (Å²) in [6.45, 7) is 13.1. The van der Waals surface area contributed by atoms with Gasteiger partial charge >= 0.3 is 0 Å². The molecule has 0 aromatic carbocycles. The van der Waals surface area contributed by atoms with Crippen molar-refractivity contribution in [3.8, 4) is 0 Å². The van der Waals surface area contributed by atoms with E-state index in [0.717, 1.165) is 64.6 Å². The Hall–Kier alpha value is -0.120. The van der Waals surface area contributed by atoms with Crippen molar-refractivity contribution in [2.75, 3.05) is 47.0 Å². The summed E-state index contributed by atoms with van der Waals surface area (Å²) in [4.78, 5) is 7.30. The first-order valence-electron chi connectivity index (χ1n) is 10.8. The predicted octanol–water partition coefficient (Wildman–Crippen LogP) is 3.25. The topological polar surface area (TPSA) is 58.1 Å². The van der Waals surface area contributed by atoms with Crippen LogP contribution in [0.2, 0.25) is 0 Å². The van der Waals surface area contributed by atoms with Gasteiger partial charge in [0.25, 0.3) is 0 Å². The molecule has 6 nitrogen and oxygen atoms in total. The number of unbranched alkanes of at least 4 members (excludes halogenated alkanes) is 1. The molecule has 2 unspecified atom stereocenters. The van der Waals surface area contributed by atoms with Gasteiger partial charge in [0.05, 0.1) is 12.6 Å². The summed E-state index contributed by atoms with van der Waals surface area (Å²) < 4.78 is 11.7. The molecule has 2 aliphatic rings. The quantitative estimate of drug-likeness (QED) is 0.216. The van der Waals surface area contributed by atoms with E-state index in [1.54, 1.807) is 0 Å². The van der Waals surface area contributed by atoms with Crippen molar-refractivity contribution >= 4 is 29.9 Å². The molecule has 7 heteroatoms. The summed E-state index contributed by atoms with van der Waals surface area (Å²) >= 11 is 0. The molecular formula is C21H43IN4O2. The van der Waals surface area contributed by atoms with Crippen LogP contribution in [0.4, 0.5) is 0 Å². The Morgan fingerprint density at radius 1 is 1.21 bits per heavy atom. The highest BCUT2D eigenvalue weighted by Crippen LogP contribution is 2.42. The minimum Gasteiger partial charge on any atom is -0.381 e. The van der Waals surface area contributed by atoms with E-state index in [2.05, 4.69) is 57.3 Å². The number of rotatable bonds is 9. The summed E-state index contributed by atoms with van der Waals surface area (Å²) in [5.41, 5.74) is 0.226. The second-order valence-electron chi connectivity index (χ2n) is 8.89. The molecule has 1 aliphatic heterocycles. The van der Waals surface area contributed by atoms with Crippen LogP contribution in [0.1, 0.15) is 59.8 Å². The number of likely N-dealkylation sites (N-methyl/N-ethyl adjacent to an activating group) is 1. The predicted molar refractivity (Wildman–Crippen MR) is 128 cm³/mol.